The van der Waals surface area contributed by atoms with E-state index in [1.807, 2.05) is 6.92 Å². The van der Waals surface area contributed by atoms with Crippen LogP contribution in [0.3, 0.4) is 0 Å². The van der Waals surface area contributed by atoms with Crippen LogP contribution in [0.1, 0.15) is 32.4 Å². The van der Waals surface area contributed by atoms with Gasteiger partial charge in [0.05, 0.1) is 5.02 Å². The highest BCUT2D eigenvalue weighted by Crippen LogP contribution is 2.20. The maximum absolute atomic E-state index is 10.9. The molecule has 0 atom stereocenters. The molecule has 0 aliphatic rings. The third kappa shape index (κ3) is 3.92. The van der Waals surface area contributed by atoms with Gasteiger partial charge in [-0.15, -0.1) is 0 Å². The van der Waals surface area contributed by atoms with E-state index in [2.05, 4.69) is 16.8 Å². The van der Waals surface area contributed by atoms with Crippen molar-refractivity contribution in [2.24, 2.45) is 0 Å². The van der Waals surface area contributed by atoms with Crippen LogP contribution in [0.4, 0.5) is 0 Å². The largest absolute Gasteiger partial charge is 0.424 e. The number of carbonyl (C=O) groups is 1. The van der Waals surface area contributed by atoms with Gasteiger partial charge in [-0.1, -0.05) is 24.4 Å². The summed E-state index contributed by atoms with van der Waals surface area (Å²) in [5, 5.41) is 0.414. The van der Waals surface area contributed by atoms with Crippen molar-refractivity contribution in [3.63, 3.8) is 0 Å². The number of esters is 1. The third-order valence-corrected chi connectivity index (χ3v) is 1.86. The zero-order valence-corrected chi connectivity index (χ0v) is 9.97. The lowest BCUT2D eigenvalue weighted by molar-refractivity contribution is -0.131. The third-order valence-electron chi connectivity index (χ3n) is 1.65. The van der Waals surface area contributed by atoms with Gasteiger partial charge in [0.25, 0.3) is 0 Å². The Morgan fingerprint density at radius 2 is 2.38 bits per heavy atom. The number of halogens is 1. The minimum Gasteiger partial charge on any atom is -0.424 e. The highest BCUT2D eigenvalue weighted by Gasteiger charge is 2.06. The summed E-state index contributed by atoms with van der Waals surface area (Å²) in [6, 6.07) is 1.53. The minimum absolute atomic E-state index is 0.309. The molecular formula is C12H12ClNO2. The molecule has 3 nitrogen and oxygen atoms in total. The molecule has 0 saturated carbocycles. The lowest BCUT2D eigenvalue weighted by atomic mass is 10.3. The van der Waals surface area contributed by atoms with E-state index in [1.54, 1.807) is 0 Å². The van der Waals surface area contributed by atoms with E-state index in [9.17, 15) is 4.79 Å². The number of ether oxygens (including phenoxy) is 1. The summed E-state index contributed by atoms with van der Waals surface area (Å²) < 4.78 is 4.97. The maximum atomic E-state index is 10.9. The predicted molar refractivity (Wildman–Crippen MR) is 62.3 cm³/mol. The van der Waals surface area contributed by atoms with Gasteiger partial charge in [-0.25, -0.2) is 4.98 Å². The van der Waals surface area contributed by atoms with Gasteiger partial charge in [0, 0.05) is 25.6 Å². The number of carbonyl (C=O) groups excluding carboxylic acids is 1. The van der Waals surface area contributed by atoms with E-state index in [4.69, 9.17) is 16.3 Å². The molecule has 0 radical (unpaired) electrons. The van der Waals surface area contributed by atoms with Gasteiger partial charge in [0.2, 0.25) is 0 Å². The lowest BCUT2D eigenvalue weighted by Crippen LogP contribution is -2.03. The Kier molecular flexibility index (Phi) is 4.81. The van der Waals surface area contributed by atoms with Crippen LogP contribution in [0.15, 0.2) is 12.3 Å². The average molecular weight is 238 g/mol. The highest BCUT2D eigenvalue weighted by atomic mass is 35.5. The fraction of sp³-hybridized carbons (Fsp3) is 0.333. The van der Waals surface area contributed by atoms with Crippen molar-refractivity contribution in [3.05, 3.63) is 23.0 Å². The van der Waals surface area contributed by atoms with E-state index in [1.165, 1.54) is 19.2 Å². The topological polar surface area (TPSA) is 39.2 Å². The van der Waals surface area contributed by atoms with Crippen LogP contribution in [0.2, 0.25) is 5.02 Å². The van der Waals surface area contributed by atoms with Gasteiger partial charge in [-0.05, 0) is 12.3 Å². The van der Waals surface area contributed by atoms with Crippen molar-refractivity contribution in [3.8, 4) is 17.6 Å². The molecule has 0 bridgehead atoms. The smallest absolute Gasteiger partial charge is 0.308 e. The number of hydrogen-bond acceptors (Lipinski definition) is 3. The van der Waals surface area contributed by atoms with Gasteiger partial charge in [0.1, 0.15) is 0 Å². The van der Waals surface area contributed by atoms with Gasteiger partial charge in [0.15, 0.2) is 11.4 Å². The van der Waals surface area contributed by atoms with Crippen LogP contribution in [0, 0.1) is 11.8 Å². The van der Waals surface area contributed by atoms with Gasteiger partial charge < -0.3 is 4.74 Å². The molecule has 0 saturated heterocycles. The Bertz CT molecular complexity index is 446. The van der Waals surface area contributed by atoms with Gasteiger partial charge in [-0.2, -0.15) is 0 Å². The van der Waals surface area contributed by atoms with Crippen LogP contribution >= 0.6 is 11.6 Å². The van der Waals surface area contributed by atoms with Gasteiger partial charge in [-0.3, -0.25) is 4.79 Å². The molecule has 1 aromatic rings. The molecular weight excluding hydrogens is 226 g/mol. The number of aromatic nitrogens is 1. The van der Waals surface area contributed by atoms with Crippen LogP contribution in [-0.4, -0.2) is 11.0 Å². The second-order valence-electron chi connectivity index (χ2n) is 3.15. The summed E-state index contributed by atoms with van der Waals surface area (Å²) >= 11 is 5.76. The number of nitrogens with zero attached hydrogens (tertiary/aromatic N) is 1. The Morgan fingerprint density at radius 3 is 3.00 bits per heavy atom. The SMILES string of the molecule is CCCC#Cc1ncc(Cl)cc1OC(C)=O. The summed E-state index contributed by atoms with van der Waals surface area (Å²) in [4.78, 5) is 14.9. The Labute approximate surface area is 99.8 Å². The molecule has 16 heavy (non-hydrogen) atoms. The number of pyridine rings is 1. The maximum Gasteiger partial charge on any atom is 0.308 e. The lowest BCUT2D eigenvalue weighted by Gasteiger charge is -2.03. The predicted octanol–water partition coefficient (Wildman–Crippen LogP) is 2.81. The van der Waals surface area contributed by atoms with Crippen molar-refractivity contribution < 1.29 is 9.53 Å². The quantitative estimate of drug-likeness (QED) is 0.587. The first-order valence-electron chi connectivity index (χ1n) is 4.96. The zero-order valence-electron chi connectivity index (χ0n) is 9.21. The molecule has 1 rings (SSSR count). The fourth-order valence-corrected chi connectivity index (χ4v) is 1.17. The minimum atomic E-state index is -0.414. The Morgan fingerprint density at radius 1 is 1.62 bits per heavy atom. The van der Waals surface area contributed by atoms with Crippen LogP contribution in [0.5, 0.6) is 5.75 Å². The molecule has 0 fully saturated rings. The first kappa shape index (κ1) is 12.5. The summed E-state index contributed by atoms with van der Waals surface area (Å²) in [5.74, 6) is 5.68. The summed E-state index contributed by atoms with van der Waals surface area (Å²) in [5.41, 5.74) is 0.438. The summed E-state index contributed by atoms with van der Waals surface area (Å²) in [6.45, 7) is 3.36. The molecule has 0 aromatic carbocycles. The molecule has 1 aromatic heterocycles. The van der Waals surface area contributed by atoms with E-state index in [0.29, 0.717) is 16.5 Å². The van der Waals surface area contributed by atoms with E-state index in [-0.39, 0.29) is 0 Å². The average Bonchev–Trinajstić information content (AvgIpc) is 2.20. The molecule has 0 unspecified atom stereocenters. The molecule has 0 aliphatic carbocycles. The van der Waals surface area contributed by atoms with E-state index >= 15 is 0 Å². The zero-order chi connectivity index (χ0) is 12.0. The van der Waals surface area contributed by atoms with Crippen molar-refractivity contribution in [2.75, 3.05) is 0 Å². The molecule has 0 spiro atoms. The second-order valence-corrected chi connectivity index (χ2v) is 3.58. The molecule has 1 heterocycles. The van der Waals surface area contributed by atoms with E-state index in [0.717, 1.165) is 12.8 Å². The van der Waals surface area contributed by atoms with Crippen LogP contribution in [-0.2, 0) is 4.79 Å². The number of rotatable bonds is 2. The Hall–Kier alpha value is -1.53. The second kappa shape index (κ2) is 6.14. The van der Waals surface area contributed by atoms with Crippen molar-refractivity contribution in [2.45, 2.75) is 26.7 Å². The first-order valence-corrected chi connectivity index (χ1v) is 5.34. The Balaban J connectivity index is 2.99. The standard InChI is InChI=1S/C12H12ClNO2/c1-3-4-5-6-11-12(16-9(2)15)7-10(13)8-14-11/h7-8H,3-4H2,1-2H3. The summed E-state index contributed by atoms with van der Waals surface area (Å²) in [7, 11) is 0. The van der Waals surface area contributed by atoms with Crippen LogP contribution in [0.25, 0.3) is 0 Å². The van der Waals surface area contributed by atoms with Crippen LogP contribution < -0.4 is 4.74 Å². The molecule has 0 aliphatic heterocycles. The normalized spacial score (nSPS) is 9.19. The molecule has 84 valence electrons. The van der Waals surface area contributed by atoms with Crippen molar-refractivity contribution in [1.82, 2.24) is 4.98 Å². The molecule has 0 N–H and O–H groups in total. The molecule has 4 heteroatoms. The van der Waals surface area contributed by atoms with Gasteiger partial charge >= 0.3 is 5.97 Å². The van der Waals surface area contributed by atoms with Crippen molar-refractivity contribution >= 4 is 17.6 Å². The number of hydrogen-bond donors (Lipinski definition) is 0. The monoisotopic (exact) mass is 237 g/mol. The number of unbranched alkanes of at least 4 members (excludes halogenated alkanes) is 1. The highest BCUT2D eigenvalue weighted by molar-refractivity contribution is 6.30. The van der Waals surface area contributed by atoms with Crippen molar-refractivity contribution in [1.29, 1.82) is 0 Å². The molecule has 0 amide bonds. The first-order chi connectivity index (χ1) is 7.63. The summed E-state index contributed by atoms with van der Waals surface area (Å²) in [6.07, 6.45) is 3.23. The van der Waals surface area contributed by atoms with E-state index < -0.39 is 5.97 Å². The fourth-order valence-electron chi connectivity index (χ4n) is 1.02.